The number of methoxy groups -OCH3 is 1. The monoisotopic (exact) mass is 292 g/mol. The van der Waals surface area contributed by atoms with Crippen molar-refractivity contribution in [2.75, 3.05) is 27.3 Å². The molecule has 0 bridgehead atoms. The van der Waals surface area contributed by atoms with E-state index in [0.717, 1.165) is 10.4 Å². The summed E-state index contributed by atoms with van der Waals surface area (Å²) < 4.78 is 31.9. The van der Waals surface area contributed by atoms with Gasteiger partial charge in [-0.3, -0.25) is 0 Å². The van der Waals surface area contributed by atoms with Crippen molar-refractivity contribution in [3.63, 3.8) is 0 Å². The van der Waals surface area contributed by atoms with Gasteiger partial charge in [-0.25, -0.2) is 13.1 Å². The van der Waals surface area contributed by atoms with Crippen LogP contribution in [0.5, 0.6) is 0 Å². The molecular weight excluding hydrogens is 272 g/mol. The number of thiophene rings is 1. The van der Waals surface area contributed by atoms with Crippen LogP contribution in [0, 0.1) is 6.92 Å². The number of hydrogen-bond acceptors (Lipinski definition) is 5. The van der Waals surface area contributed by atoms with Crippen molar-refractivity contribution >= 4 is 21.4 Å². The van der Waals surface area contributed by atoms with E-state index in [1.807, 2.05) is 12.3 Å². The van der Waals surface area contributed by atoms with E-state index in [2.05, 4.69) is 10.0 Å². The predicted octanol–water partition coefficient (Wildman–Crippen LogP) is 1.09. The zero-order chi connectivity index (χ0) is 13.6. The Balaban J connectivity index is 2.80. The molecule has 1 aromatic heterocycles. The van der Waals surface area contributed by atoms with Crippen molar-refractivity contribution < 1.29 is 13.2 Å². The summed E-state index contributed by atoms with van der Waals surface area (Å²) in [6, 6.07) is 0. The molecule has 0 fully saturated rings. The second-order valence-corrected chi connectivity index (χ2v) is 6.61. The Morgan fingerprint density at radius 2 is 2.17 bits per heavy atom. The summed E-state index contributed by atoms with van der Waals surface area (Å²) in [5, 5.41) is 4.86. The minimum atomic E-state index is -3.42. The fraction of sp³-hybridized carbons (Fsp3) is 0.636. The van der Waals surface area contributed by atoms with E-state index in [1.54, 1.807) is 14.2 Å². The van der Waals surface area contributed by atoms with Gasteiger partial charge in [0.1, 0.15) is 4.90 Å². The van der Waals surface area contributed by atoms with Crippen LogP contribution in [0.15, 0.2) is 10.3 Å². The lowest BCUT2D eigenvalue weighted by Gasteiger charge is -2.08. The summed E-state index contributed by atoms with van der Waals surface area (Å²) in [5.74, 6) is 0. The first-order chi connectivity index (χ1) is 8.53. The smallest absolute Gasteiger partial charge is 0.241 e. The highest BCUT2D eigenvalue weighted by Crippen LogP contribution is 2.26. The third-order valence-corrected chi connectivity index (χ3v) is 5.34. The minimum absolute atomic E-state index is 0.393. The Morgan fingerprint density at radius 1 is 1.44 bits per heavy atom. The summed E-state index contributed by atoms with van der Waals surface area (Å²) in [5.41, 5.74) is 0.796. The SMILES string of the molecule is CNCc1scc(C)c1S(=O)(=O)NCCCOC. The summed E-state index contributed by atoms with van der Waals surface area (Å²) in [4.78, 5) is 1.26. The number of ether oxygens (including phenoxy) is 1. The lowest BCUT2D eigenvalue weighted by Crippen LogP contribution is -2.27. The van der Waals surface area contributed by atoms with Gasteiger partial charge in [-0.05, 0) is 31.3 Å². The molecule has 104 valence electrons. The van der Waals surface area contributed by atoms with Gasteiger partial charge in [0.15, 0.2) is 0 Å². The largest absolute Gasteiger partial charge is 0.385 e. The standard InChI is InChI=1S/C11H20N2O3S2/c1-9-8-17-10(7-12-2)11(9)18(14,15)13-5-4-6-16-3/h8,12-13H,4-7H2,1-3H3. The van der Waals surface area contributed by atoms with E-state index < -0.39 is 10.0 Å². The molecule has 0 aliphatic heterocycles. The number of aryl methyl sites for hydroxylation is 1. The van der Waals surface area contributed by atoms with Gasteiger partial charge in [0.25, 0.3) is 0 Å². The first kappa shape index (κ1) is 15.6. The quantitative estimate of drug-likeness (QED) is 0.704. The highest BCUT2D eigenvalue weighted by atomic mass is 32.2. The van der Waals surface area contributed by atoms with E-state index >= 15 is 0 Å². The van der Waals surface area contributed by atoms with Gasteiger partial charge >= 0.3 is 0 Å². The van der Waals surface area contributed by atoms with Crippen molar-refractivity contribution in [2.24, 2.45) is 0 Å². The molecule has 18 heavy (non-hydrogen) atoms. The molecule has 0 saturated heterocycles. The molecule has 0 atom stereocenters. The normalized spacial score (nSPS) is 11.9. The lowest BCUT2D eigenvalue weighted by molar-refractivity contribution is 0.196. The van der Waals surface area contributed by atoms with Crippen molar-refractivity contribution in [3.8, 4) is 0 Å². The van der Waals surface area contributed by atoms with Crippen LogP contribution in [0.4, 0.5) is 0 Å². The molecule has 0 unspecified atom stereocenters. The zero-order valence-electron chi connectivity index (χ0n) is 10.9. The van der Waals surface area contributed by atoms with Crippen molar-refractivity contribution in [2.45, 2.75) is 24.8 Å². The van der Waals surface area contributed by atoms with Crippen LogP contribution in [0.2, 0.25) is 0 Å². The van der Waals surface area contributed by atoms with Crippen LogP contribution in [-0.4, -0.2) is 35.7 Å². The van der Waals surface area contributed by atoms with Gasteiger partial charge < -0.3 is 10.1 Å². The van der Waals surface area contributed by atoms with Crippen LogP contribution in [0.25, 0.3) is 0 Å². The van der Waals surface area contributed by atoms with Crippen LogP contribution in [0.3, 0.4) is 0 Å². The number of rotatable bonds is 8. The minimum Gasteiger partial charge on any atom is -0.385 e. The lowest BCUT2D eigenvalue weighted by atomic mass is 10.3. The summed E-state index contributed by atoms with van der Waals surface area (Å²) in [7, 11) is -0.0133. The van der Waals surface area contributed by atoms with E-state index in [0.29, 0.717) is 31.0 Å². The number of sulfonamides is 1. The van der Waals surface area contributed by atoms with Gasteiger partial charge in [0, 0.05) is 31.7 Å². The molecule has 0 aliphatic rings. The molecule has 0 saturated carbocycles. The maximum absolute atomic E-state index is 12.2. The maximum atomic E-state index is 12.2. The van der Waals surface area contributed by atoms with E-state index in [9.17, 15) is 8.42 Å². The third-order valence-electron chi connectivity index (χ3n) is 2.41. The van der Waals surface area contributed by atoms with Gasteiger partial charge in [0.05, 0.1) is 0 Å². The summed E-state index contributed by atoms with van der Waals surface area (Å²) in [6.45, 7) is 3.32. The van der Waals surface area contributed by atoms with Gasteiger partial charge in [-0.15, -0.1) is 11.3 Å². The van der Waals surface area contributed by atoms with Crippen LogP contribution >= 0.6 is 11.3 Å². The maximum Gasteiger partial charge on any atom is 0.241 e. The van der Waals surface area contributed by atoms with Crippen LogP contribution in [-0.2, 0) is 21.3 Å². The van der Waals surface area contributed by atoms with Gasteiger partial charge in [-0.1, -0.05) is 0 Å². The Kier molecular flexibility index (Phi) is 6.24. The molecule has 0 radical (unpaired) electrons. The molecule has 1 aromatic rings. The number of hydrogen-bond donors (Lipinski definition) is 2. The fourth-order valence-corrected chi connectivity index (χ4v) is 4.52. The molecule has 0 aromatic carbocycles. The molecule has 0 amide bonds. The summed E-state index contributed by atoms with van der Waals surface area (Å²) >= 11 is 1.46. The van der Waals surface area contributed by atoms with Crippen LogP contribution in [0.1, 0.15) is 16.9 Å². The molecular formula is C11H20N2O3S2. The predicted molar refractivity (Wildman–Crippen MR) is 73.5 cm³/mol. The topological polar surface area (TPSA) is 67.4 Å². The van der Waals surface area contributed by atoms with Crippen molar-refractivity contribution in [1.29, 1.82) is 0 Å². The second-order valence-electron chi connectivity index (χ2n) is 3.95. The second kappa shape index (κ2) is 7.20. The highest BCUT2D eigenvalue weighted by Gasteiger charge is 2.21. The summed E-state index contributed by atoms with van der Waals surface area (Å²) in [6.07, 6.45) is 0.667. The zero-order valence-corrected chi connectivity index (χ0v) is 12.6. The van der Waals surface area contributed by atoms with Gasteiger partial charge in [-0.2, -0.15) is 0 Å². The Hall–Kier alpha value is -0.470. The van der Waals surface area contributed by atoms with E-state index in [4.69, 9.17) is 4.74 Å². The fourth-order valence-electron chi connectivity index (χ4n) is 1.63. The third kappa shape index (κ3) is 4.03. The molecule has 2 N–H and O–H groups in total. The number of nitrogens with one attached hydrogen (secondary N) is 2. The Labute approximate surface area is 113 Å². The van der Waals surface area contributed by atoms with E-state index in [-0.39, 0.29) is 0 Å². The average Bonchev–Trinajstić information content (AvgIpc) is 2.67. The Bertz CT molecular complexity index is 469. The molecule has 7 heteroatoms. The van der Waals surface area contributed by atoms with Crippen molar-refractivity contribution in [3.05, 3.63) is 15.8 Å². The van der Waals surface area contributed by atoms with E-state index in [1.165, 1.54) is 11.3 Å². The molecule has 0 spiro atoms. The highest BCUT2D eigenvalue weighted by molar-refractivity contribution is 7.89. The van der Waals surface area contributed by atoms with Crippen LogP contribution < -0.4 is 10.0 Å². The molecule has 1 rings (SSSR count). The van der Waals surface area contributed by atoms with Crippen molar-refractivity contribution in [1.82, 2.24) is 10.0 Å². The first-order valence-electron chi connectivity index (χ1n) is 5.73. The molecule has 1 heterocycles. The Morgan fingerprint density at radius 3 is 2.78 bits per heavy atom. The average molecular weight is 292 g/mol. The molecule has 0 aliphatic carbocycles. The first-order valence-corrected chi connectivity index (χ1v) is 8.09. The van der Waals surface area contributed by atoms with Gasteiger partial charge in [0.2, 0.25) is 10.0 Å². The molecule has 5 nitrogen and oxygen atoms in total.